The number of para-hydroxylation sites is 2. The van der Waals surface area contributed by atoms with Crippen LogP contribution in [0.4, 0.5) is 5.13 Å². The monoisotopic (exact) mass is 423 g/mol. The zero-order valence-corrected chi connectivity index (χ0v) is 17.5. The average Bonchev–Trinajstić information content (AvgIpc) is 3.47. The molecule has 1 aromatic carbocycles. The number of nitrogens with one attached hydrogen (secondary N) is 1. The Bertz CT molecular complexity index is 1180. The predicted octanol–water partition coefficient (Wildman–Crippen LogP) is 3.56. The molecule has 4 aromatic rings. The number of furan rings is 1. The van der Waals surface area contributed by atoms with Gasteiger partial charge in [0.1, 0.15) is 5.82 Å². The lowest BCUT2D eigenvalue weighted by molar-refractivity contribution is -0.129. The van der Waals surface area contributed by atoms with Crippen LogP contribution >= 0.6 is 11.3 Å². The molecule has 8 nitrogen and oxygen atoms in total. The third-order valence-corrected chi connectivity index (χ3v) is 5.51. The van der Waals surface area contributed by atoms with E-state index in [4.69, 9.17) is 4.42 Å². The number of rotatable bonds is 7. The second-order valence-corrected chi connectivity index (χ2v) is 7.62. The lowest BCUT2D eigenvalue weighted by Crippen LogP contribution is -2.29. The summed E-state index contributed by atoms with van der Waals surface area (Å²) in [6, 6.07) is 11.2. The van der Waals surface area contributed by atoms with E-state index in [0.29, 0.717) is 17.4 Å². The third-order valence-electron chi connectivity index (χ3n) is 4.70. The van der Waals surface area contributed by atoms with Crippen LogP contribution < -0.4 is 5.32 Å². The Balaban J connectivity index is 1.40. The van der Waals surface area contributed by atoms with E-state index in [0.717, 1.165) is 23.4 Å². The zero-order chi connectivity index (χ0) is 21.1. The summed E-state index contributed by atoms with van der Waals surface area (Å²) < 4.78 is 7.18. The minimum absolute atomic E-state index is 0.0704. The van der Waals surface area contributed by atoms with Crippen molar-refractivity contribution in [2.75, 3.05) is 12.4 Å². The number of benzene rings is 1. The van der Waals surface area contributed by atoms with Crippen molar-refractivity contribution in [3.8, 4) is 0 Å². The topological polar surface area (TPSA) is 93.3 Å². The highest BCUT2D eigenvalue weighted by molar-refractivity contribution is 7.14. The highest BCUT2D eigenvalue weighted by Crippen LogP contribution is 2.19. The van der Waals surface area contributed by atoms with Gasteiger partial charge in [-0.1, -0.05) is 12.1 Å². The normalized spacial score (nSPS) is 11.0. The molecule has 0 aliphatic carbocycles. The first-order chi connectivity index (χ1) is 14.5. The van der Waals surface area contributed by atoms with Crippen molar-refractivity contribution in [1.82, 2.24) is 19.4 Å². The summed E-state index contributed by atoms with van der Waals surface area (Å²) in [5, 5.41) is 4.87. The minimum Gasteiger partial charge on any atom is -0.459 e. The van der Waals surface area contributed by atoms with Crippen molar-refractivity contribution in [3.63, 3.8) is 0 Å². The quantitative estimate of drug-likeness (QED) is 0.491. The Morgan fingerprint density at radius 1 is 1.20 bits per heavy atom. The van der Waals surface area contributed by atoms with Crippen LogP contribution in [-0.4, -0.2) is 38.3 Å². The summed E-state index contributed by atoms with van der Waals surface area (Å²) in [5.41, 5.74) is 2.59. The molecule has 0 atom stereocenters. The highest BCUT2D eigenvalue weighted by atomic mass is 32.1. The zero-order valence-electron chi connectivity index (χ0n) is 16.7. The maximum atomic E-state index is 12.7. The number of nitrogens with zero attached hydrogens (tertiary/aromatic N) is 4. The summed E-state index contributed by atoms with van der Waals surface area (Å²) >= 11 is 1.27. The molecule has 0 aliphatic rings. The van der Waals surface area contributed by atoms with Crippen LogP contribution in [-0.2, 0) is 24.3 Å². The fourth-order valence-electron chi connectivity index (χ4n) is 3.20. The van der Waals surface area contributed by atoms with E-state index in [1.54, 1.807) is 29.5 Å². The number of aromatic nitrogens is 3. The maximum Gasteiger partial charge on any atom is 0.293 e. The standard InChI is InChI=1S/C21H21N5O3S/c1-3-26-16-8-5-4-7-15(16)23-18(26)12-25(2)19(27)11-14-13-30-21(22-14)24-20(28)17-9-6-10-29-17/h4-10,13H,3,11-12H2,1-2H3,(H,22,24,28). The van der Waals surface area contributed by atoms with E-state index in [1.807, 2.05) is 24.3 Å². The molecule has 4 rings (SSSR count). The maximum absolute atomic E-state index is 12.7. The number of thiazole rings is 1. The van der Waals surface area contributed by atoms with Gasteiger partial charge in [-0.05, 0) is 31.2 Å². The Kier molecular flexibility index (Phi) is 5.62. The Morgan fingerprint density at radius 3 is 2.80 bits per heavy atom. The summed E-state index contributed by atoms with van der Waals surface area (Å²) in [4.78, 5) is 35.4. The smallest absolute Gasteiger partial charge is 0.293 e. The molecule has 0 saturated heterocycles. The number of anilines is 1. The molecule has 1 N–H and O–H groups in total. The Labute approximate surface area is 177 Å². The molecular formula is C21H21N5O3S. The van der Waals surface area contributed by atoms with Gasteiger partial charge < -0.3 is 13.9 Å². The Morgan fingerprint density at radius 2 is 2.03 bits per heavy atom. The van der Waals surface area contributed by atoms with E-state index >= 15 is 0 Å². The lowest BCUT2D eigenvalue weighted by atomic mass is 10.3. The van der Waals surface area contributed by atoms with Gasteiger partial charge in [0, 0.05) is 19.0 Å². The van der Waals surface area contributed by atoms with Gasteiger partial charge in [-0.2, -0.15) is 0 Å². The van der Waals surface area contributed by atoms with Gasteiger partial charge in [-0.15, -0.1) is 11.3 Å². The molecule has 0 unspecified atom stereocenters. The molecule has 0 aliphatic heterocycles. The molecule has 0 bridgehead atoms. The van der Waals surface area contributed by atoms with Gasteiger partial charge in [-0.3, -0.25) is 14.9 Å². The van der Waals surface area contributed by atoms with E-state index in [9.17, 15) is 9.59 Å². The molecule has 30 heavy (non-hydrogen) atoms. The minimum atomic E-state index is -0.372. The summed E-state index contributed by atoms with van der Waals surface area (Å²) in [7, 11) is 1.76. The number of amides is 2. The number of aryl methyl sites for hydroxylation is 1. The van der Waals surface area contributed by atoms with Gasteiger partial charge in [0.2, 0.25) is 5.91 Å². The van der Waals surface area contributed by atoms with Gasteiger partial charge in [-0.25, -0.2) is 9.97 Å². The number of fused-ring (bicyclic) bond motifs is 1. The fraction of sp³-hybridized carbons (Fsp3) is 0.238. The van der Waals surface area contributed by atoms with Crippen molar-refractivity contribution >= 4 is 39.3 Å². The van der Waals surface area contributed by atoms with E-state index in [-0.39, 0.29) is 24.0 Å². The summed E-state index contributed by atoms with van der Waals surface area (Å²) in [5.74, 6) is 0.613. The first-order valence-electron chi connectivity index (χ1n) is 9.52. The van der Waals surface area contributed by atoms with Gasteiger partial charge >= 0.3 is 0 Å². The second kappa shape index (κ2) is 8.50. The van der Waals surface area contributed by atoms with Crippen LogP contribution in [0, 0.1) is 0 Å². The SMILES string of the molecule is CCn1c(CN(C)C(=O)Cc2csc(NC(=O)c3ccco3)n2)nc2ccccc21. The van der Waals surface area contributed by atoms with Crippen molar-refractivity contribution in [2.45, 2.75) is 26.4 Å². The van der Waals surface area contributed by atoms with Gasteiger partial charge in [0.15, 0.2) is 10.9 Å². The van der Waals surface area contributed by atoms with Crippen LogP contribution in [0.1, 0.15) is 29.0 Å². The van der Waals surface area contributed by atoms with E-state index in [2.05, 4.69) is 26.8 Å². The molecule has 0 spiro atoms. The molecule has 0 fully saturated rings. The van der Waals surface area contributed by atoms with Gasteiger partial charge in [0.05, 0.1) is 36.0 Å². The van der Waals surface area contributed by atoms with Crippen LogP contribution in [0.5, 0.6) is 0 Å². The molecule has 9 heteroatoms. The van der Waals surface area contributed by atoms with E-state index in [1.165, 1.54) is 17.6 Å². The molecule has 2 amide bonds. The Hall–Kier alpha value is -3.46. The first kappa shape index (κ1) is 19.8. The molecule has 0 saturated carbocycles. The number of carbonyl (C=O) groups excluding carboxylic acids is 2. The average molecular weight is 423 g/mol. The molecule has 154 valence electrons. The summed E-state index contributed by atoms with van der Waals surface area (Å²) in [6.07, 6.45) is 1.58. The van der Waals surface area contributed by atoms with Crippen LogP contribution in [0.25, 0.3) is 11.0 Å². The molecular weight excluding hydrogens is 402 g/mol. The van der Waals surface area contributed by atoms with E-state index < -0.39 is 0 Å². The predicted molar refractivity (Wildman–Crippen MR) is 114 cm³/mol. The van der Waals surface area contributed by atoms with Crippen molar-refractivity contribution in [1.29, 1.82) is 0 Å². The van der Waals surface area contributed by atoms with Crippen molar-refractivity contribution in [2.24, 2.45) is 0 Å². The van der Waals surface area contributed by atoms with Crippen LogP contribution in [0.2, 0.25) is 0 Å². The molecule has 3 heterocycles. The first-order valence-corrected chi connectivity index (χ1v) is 10.4. The number of carbonyl (C=O) groups is 2. The number of imidazole rings is 1. The van der Waals surface area contributed by atoms with Crippen LogP contribution in [0.15, 0.2) is 52.5 Å². The fourth-order valence-corrected chi connectivity index (χ4v) is 3.91. The second-order valence-electron chi connectivity index (χ2n) is 6.76. The number of likely N-dealkylation sites (N-methyl/N-ethyl adjacent to an activating group) is 1. The van der Waals surface area contributed by atoms with Crippen LogP contribution in [0.3, 0.4) is 0 Å². The summed E-state index contributed by atoms with van der Waals surface area (Å²) in [6.45, 7) is 3.25. The van der Waals surface area contributed by atoms with Gasteiger partial charge in [0.25, 0.3) is 5.91 Å². The van der Waals surface area contributed by atoms with Crippen molar-refractivity contribution in [3.05, 3.63) is 65.3 Å². The lowest BCUT2D eigenvalue weighted by Gasteiger charge is -2.17. The number of hydrogen-bond donors (Lipinski definition) is 1. The number of hydrogen-bond acceptors (Lipinski definition) is 6. The van der Waals surface area contributed by atoms with Crippen molar-refractivity contribution < 1.29 is 14.0 Å². The molecule has 0 radical (unpaired) electrons. The largest absolute Gasteiger partial charge is 0.459 e. The highest BCUT2D eigenvalue weighted by Gasteiger charge is 2.17. The molecule has 3 aromatic heterocycles. The third kappa shape index (κ3) is 4.11.